The molecular weight excluding hydrogens is 420 g/mol. The van der Waals surface area contributed by atoms with Crippen LogP contribution in [-0.2, 0) is 17.8 Å². The van der Waals surface area contributed by atoms with E-state index < -0.39 is 0 Å². The van der Waals surface area contributed by atoms with Crippen LogP contribution < -0.4 is 0 Å². The minimum Gasteiger partial charge on any atom is -0.414 e. The van der Waals surface area contributed by atoms with Gasteiger partial charge in [-0.25, -0.2) is 9.97 Å². The number of aryl methyl sites for hydroxylation is 2. The van der Waals surface area contributed by atoms with Crippen molar-refractivity contribution in [2.45, 2.75) is 50.0 Å². The Kier molecular flexibility index (Phi) is 6.01. The number of fused-ring (bicyclic) bond motifs is 1. The molecule has 0 bridgehead atoms. The van der Waals surface area contributed by atoms with E-state index in [1.54, 1.807) is 11.3 Å². The molecule has 0 atom stereocenters. The van der Waals surface area contributed by atoms with Crippen LogP contribution in [0.1, 0.15) is 35.0 Å². The van der Waals surface area contributed by atoms with E-state index in [1.807, 2.05) is 0 Å². The predicted molar refractivity (Wildman–Crippen MR) is 116 cm³/mol. The van der Waals surface area contributed by atoms with Crippen molar-refractivity contribution in [2.75, 3.05) is 39.4 Å². The maximum absolute atomic E-state index is 5.95. The number of ether oxygens (including phenoxy) is 1. The van der Waals surface area contributed by atoms with Crippen LogP contribution in [0.15, 0.2) is 14.7 Å². The maximum atomic E-state index is 5.95. The number of likely N-dealkylation sites (tertiary alicyclic amines) is 1. The normalized spacial score (nSPS) is 18.6. The van der Waals surface area contributed by atoms with Gasteiger partial charge in [0.2, 0.25) is 5.89 Å². The van der Waals surface area contributed by atoms with E-state index in [4.69, 9.17) is 19.1 Å². The first-order valence-corrected chi connectivity index (χ1v) is 12.1. The standard InChI is InChI=1S/C20H26N6O2S2/c1-13-14(2)29-18-17(13)19(22-15(21-18)11-26-7-9-27-10-8-26)30-20-24-23-16(28-20)12-25-5-3-4-6-25/h3-12H2,1-2H3. The van der Waals surface area contributed by atoms with Gasteiger partial charge in [0.1, 0.15) is 15.7 Å². The van der Waals surface area contributed by atoms with Gasteiger partial charge in [-0.2, -0.15) is 0 Å². The van der Waals surface area contributed by atoms with E-state index in [9.17, 15) is 0 Å². The largest absolute Gasteiger partial charge is 0.414 e. The smallest absolute Gasteiger partial charge is 0.283 e. The lowest BCUT2D eigenvalue weighted by Gasteiger charge is -2.25. The zero-order valence-electron chi connectivity index (χ0n) is 17.4. The highest BCUT2D eigenvalue weighted by Crippen LogP contribution is 2.37. The molecule has 2 aliphatic rings. The van der Waals surface area contributed by atoms with Gasteiger partial charge in [-0.1, -0.05) is 0 Å². The molecular formula is C20H26N6O2S2. The van der Waals surface area contributed by atoms with Gasteiger partial charge in [0, 0.05) is 23.4 Å². The number of rotatable bonds is 6. The molecule has 0 saturated carbocycles. The van der Waals surface area contributed by atoms with Crippen molar-refractivity contribution in [3.05, 3.63) is 22.2 Å². The fourth-order valence-electron chi connectivity index (χ4n) is 3.92. The second-order valence-corrected chi connectivity index (χ2v) is 9.99. The highest BCUT2D eigenvalue weighted by atomic mass is 32.2. The van der Waals surface area contributed by atoms with E-state index in [1.165, 1.54) is 35.0 Å². The first kappa shape index (κ1) is 20.3. The molecule has 5 rings (SSSR count). The van der Waals surface area contributed by atoms with Gasteiger partial charge >= 0.3 is 0 Å². The lowest BCUT2D eigenvalue weighted by molar-refractivity contribution is 0.0330. The van der Waals surface area contributed by atoms with Gasteiger partial charge < -0.3 is 9.15 Å². The molecule has 0 N–H and O–H groups in total. The van der Waals surface area contributed by atoms with Gasteiger partial charge in [-0.15, -0.1) is 21.5 Å². The number of morpholine rings is 1. The summed E-state index contributed by atoms with van der Waals surface area (Å²) in [5.74, 6) is 1.52. The molecule has 0 aliphatic carbocycles. The Labute approximate surface area is 184 Å². The summed E-state index contributed by atoms with van der Waals surface area (Å²) in [6.07, 6.45) is 2.49. The summed E-state index contributed by atoms with van der Waals surface area (Å²) in [6.45, 7) is 11.3. The third-order valence-electron chi connectivity index (χ3n) is 5.70. The molecule has 0 radical (unpaired) electrons. The zero-order valence-corrected chi connectivity index (χ0v) is 19.0. The number of nitrogens with zero attached hydrogens (tertiary/aromatic N) is 6. The molecule has 2 aliphatic heterocycles. The van der Waals surface area contributed by atoms with Gasteiger partial charge in [-0.3, -0.25) is 9.80 Å². The van der Waals surface area contributed by atoms with E-state index in [0.29, 0.717) is 11.1 Å². The van der Waals surface area contributed by atoms with Crippen LogP contribution in [0.2, 0.25) is 0 Å². The van der Waals surface area contributed by atoms with Crippen molar-refractivity contribution in [1.29, 1.82) is 0 Å². The number of aromatic nitrogens is 4. The lowest BCUT2D eigenvalue weighted by atomic mass is 10.2. The van der Waals surface area contributed by atoms with Gasteiger partial charge in [0.15, 0.2) is 0 Å². The van der Waals surface area contributed by atoms with Crippen molar-refractivity contribution in [3.8, 4) is 0 Å². The van der Waals surface area contributed by atoms with Crippen LogP contribution in [-0.4, -0.2) is 69.4 Å². The van der Waals surface area contributed by atoms with E-state index in [0.717, 1.165) is 73.5 Å². The van der Waals surface area contributed by atoms with E-state index in [-0.39, 0.29) is 0 Å². The lowest BCUT2D eigenvalue weighted by Crippen LogP contribution is -2.36. The number of hydrogen-bond donors (Lipinski definition) is 0. The molecule has 0 amide bonds. The Morgan fingerprint density at radius 1 is 0.967 bits per heavy atom. The molecule has 2 saturated heterocycles. The summed E-state index contributed by atoms with van der Waals surface area (Å²) in [4.78, 5) is 16.8. The van der Waals surface area contributed by atoms with Crippen molar-refractivity contribution in [3.63, 3.8) is 0 Å². The van der Waals surface area contributed by atoms with Crippen LogP contribution in [0, 0.1) is 13.8 Å². The van der Waals surface area contributed by atoms with E-state index in [2.05, 4.69) is 33.8 Å². The molecule has 5 heterocycles. The van der Waals surface area contributed by atoms with Crippen molar-refractivity contribution >= 4 is 33.3 Å². The fourth-order valence-corrected chi connectivity index (χ4v) is 5.92. The molecule has 160 valence electrons. The van der Waals surface area contributed by atoms with E-state index >= 15 is 0 Å². The Bertz CT molecular complexity index is 1020. The molecule has 0 aromatic carbocycles. The molecule has 0 unspecified atom stereocenters. The Morgan fingerprint density at radius 2 is 1.73 bits per heavy atom. The molecule has 30 heavy (non-hydrogen) atoms. The Balaban J connectivity index is 1.41. The van der Waals surface area contributed by atoms with Crippen LogP contribution >= 0.6 is 23.1 Å². The minimum absolute atomic E-state index is 0.546. The van der Waals surface area contributed by atoms with Gasteiger partial charge in [0.05, 0.1) is 26.3 Å². The summed E-state index contributed by atoms with van der Waals surface area (Å²) >= 11 is 3.18. The summed E-state index contributed by atoms with van der Waals surface area (Å²) in [6, 6.07) is 0. The number of thiophene rings is 1. The average Bonchev–Trinajstić information content (AvgIpc) is 3.46. The van der Waals surface area contributed by atoms with Gasteiger partial charge in [0.25, 0.3) is 5.22 Å². The second kappa shape index (κ2) is 8.88. The monoisotopic (exact) mass is 446 g/mol. The third-order valence-corrected chi connectivity index (χ3v) is 7.63. The average molecular weight is 447 g/mol. The quantitative estimate of drug-likeness (QED) is 0.530. The number of hydrogen-bond acceptors (Lipinski definition) is 10. The molecule has 3 aromatic heterocycles. The third kappa shape index (κ3) is 4.38. The summed E-state index contributed by atoms with van der Waals surface area (Å²) < 4.78 is 11.4. The first-order valence-electron chi connectivity index (χ1n) is 10.4. The molecule has 3 aromatic rings. The Hall–Kier alpha value is -1.59. The topological polar surface area (TPSA) is 80.4 Å². The summed E-state index contributed by atoms with van der Waals surface area (Å²) in [5.41, 5.74) is 1.23. The minimum atomic E-state index is 0.546. The van der Waals surface area contributed by atoms with Crippen LogP contribution in [0.4, 0.5) is 0 Å². The van der Waals surface area contributed by atoms with Crippen molar-refractivity contribution < 1.29 is 9.15 Å². The van der Waals surface area contributed by atoms with Crippen LogP contribution in [0.25, 0.3) is 10.2 Å². The zero-order chi connectivity index (χ0) is 20.5. The van der Waals surface area contributed by atoms with Gasteiger partial charge in [-0.05, 0) is 57.1 Å². The molecule has 10 heteroatoms. The predicted octanol–water partition coefficient (Wildman–Crippen LogP) is 3.27. The maximum Gasteiger partial charge on any atom is 0.283 e. The first-order chi connectivity index (χ1) is 14.7. The van der Waals surface area contributed by atoms with Crippen LogP contribution in [0.3, 0.4) is 0 Å². The molecule has 8 nitrogen and oxygen atoms in total. The molecule has 2 fully saturated rings. The summed E-state index contributed by atoms with van der Waals surface area (Å²) in [5, 5.41) is 11.1. The van der Waals surface area contributed by atoms with Crippen molar-refractivity contribution in [2.24, 2.45) is 0 Å². The second-order valence-electron chi connectivity index (χ2n) is 7.84. The SMILES string of the molecule is Cc1sc2nc(CN3CCOCC3)nc(Sc3nnc(CN4CCCC4)o3)c2c1C. The molecule has 0 spiro atoms. The highest BCUT2D eigenvalue weighted by Gasteiger charge is 2.21. The summed E-state index contributed by atoms with van der Waals surface area (Å²) in [7, 11) is 0. The fraction of sp³-hybridized carbons (Fsp3) is 0.600. The van der Waals surface area contributed by atoms with Crippen molar-refractivity contribution in [1.82, 2.24) is 30.0 Å². The Morgan fingerprint density at radius 3 is 2.53 bits per heavy atom. The highest BCUT2D eigenvalue weighted by molar-refractivity contribution is 7.99. The van der Waals surface area contributed by atoms with Crippen LogP contribution in [0.5, 0.6) is 0 Å².